The molecule has 0 aliphatic carbocycles. The van der Waals surface area contributed by atoms with Crippen molar-refractivity contribution >= 4 is 11.8 Å². The molecular weight excluding hydrogens is 236 g/mol. The minimum absolute atomic E-state index is 0.226. The van der Waals surface area contributed by atoms with Crippen LogP contribution in [0.15, 0.2) is 6.20 Å². The summed E-state index contributed by atoms with van der Waals surface area (Å²) in [6.07, 6.45) is 4.99. The van der Waals surface area contributed by atoms with Gasteiger partial charge in [0.25, 0.3) is 0 Å². The van der Waals surface area contributed by atoms with E-state index in [1.165, 1.54) is 0 Å². The molecule has 0 saturated carbocycles. The Bertz CT molecular complexity index is 339. The Morgan fingerprint density at radius 1 is 1.53 bits per heavy atom. The van der Waals surface area contributed by atoms with Crippen LogP contribution < -0.4 is 4.74 Å². The lowest BCUT2D eigenvalue weighted by Crippen LogP contribution is -2.12. The summed E-state index contributed by atoms with van der Waals surface area (Å²) in [7, 11) is 1.61. The standard InChI is InChI=1S/C12H22N2O2S/c1-9(2)14-12(11(16-3)8-13-14)10(15)6-5-7-17-4/h8-10,15H,5-7H2,1-4H3. The van der Waals surface area contributed by atoms with E-state index in [1.807, 2.05) is 18.5 Å². The first-order chi connectivity index (χ1) is 8.11. The van der Waals surface area contributed by atoms with Crippen LogP contribution in [-0.4, -0.2) is 34.0 Å². The molecule has 0 amide bonds. The van der Waals surface area contributed by atoms with Gasteiger partial charge < -0.3 is 9.84 Å². The number of aliphatic hydroxyl groups excluding tert-OH is 1. The number of nitrogens with zero attached hydrogens (tertiary/aromatic N) is 2. The first-order valence-electron chi connectivity index (χ1n) is 5.90. The van der Waals surface area contributed by atoms with Gasteiger partial charge in [0.1, 0.15) is 5.69 Å². The van der Waals surface area contributed by atoms with Gasteiger partial charge in [0.15, 0.2) is 5.75 Å². The minimum atomic E-state index is -0.498. The molecule has 1 unspecified atom stereocenters. The lowest BCUT2D eigenvalue weighted by molar-refractivity contribution is 0.149. The monoisotopic (exact) mass is 258 g/mol. The predicted octanol–water partition coefficient (Wildman–Crippen LogP) is 2.65. The molecule has 98 valence electrons. The van der Waals surface area contributed by atoms with E-state index in [9.17, 15) is 5.11 Å². The third-order valence-corrected chi connectivity index (χ3v) is 3.35. The summed E-state index contributed by atoms with van der Waals surface area (Å²) in [6, 6.07) is 0.226. The van der Waals surface area contributed by atoms with Crippen molar-refractivity contribution in [3.05, 3.63) is 11.9 Å². The smallest absolute Gasteiger partial charge is 0.162 e. The average Bonchev–Trinajstić information content (AvgIpc) is 2.72. The van der Waals surface area contributed by atoms with E-state index in [0.717, 1.165) is 24.3 Å². The van der Waals surface area contributed by atoms with Gasteiger partial charge in [-0.3, -0.25) is 4.68 Å². The van der Waals surface area contributed by atoms with Gasteiger partial charge in [0.2, 0.25) is 0 Å². The van der Waals surface area contributed by atoms with Gasteiger partial charge in [0, 0.05) is 6.04 Å². The van der Waals surface area contributed by atoms with Crippen LogP contribution in [0.25, 0.3) is 0 Å². The fourth-order valence-corrected chi connectivity index (χ4v) is 2.25. The number of hydrogen-bond acceptors (Lipinski definition) is 4. The first kappa shape index (κ1) is 14.4. The number of methoxy groups -OCH3 is 1. The van der Waals surface area contributed by atoms with E-state index in [4.69, 9.17) is 4.74 Å². The average molecular weight is 258 g/mol. The van der Waals surface area contributed by atoms with Crippen LogP contribution in [0.4, 0.5) is 0 Å². The molecule has 17 heavy (non-hydrogen) atoms. The predicted molar refractivity (Wildman–Crippen MR) is 71.7 cm³/mol. The fraction of sp³-hybridized carbons (Fsp3) is 0.750. The number of ether oxygens (including phenoxy) is 1. The Hall–Kier alpha value is -0.680. The summed E-state index contributed by atoms with van der Waals surface area (Å²) in [5, 5.41) is 14.5. The van der Waals surface area contributed by atoms with Crippen molar-refractivity contribution in [2.75, 3.05) is 19.1 Å². The Labute approximate surface area is 107 Å². The van der Waals surface area contributed by atoms with Crippen LogP contribution in [0, 0.1) is 0 Å². The van der Waals surface area contributed by atoms with Crippen molar-refractivity contribution in [1.82, 2.24) is 9.78 Å². The highest BCUT2D eigenvalue weighted by Crippen LogP contribution is 2.30. The zero-order valence-corrected chi connectivity index (χ0v) is 11.8. The van der Waals surface area contributed by atoms with Crippen LogP contribution in [0.1, 0.15) is 44.5 Å². The molecule has 0 aliphatic rings. The molecule has 0 bridgehead atoms. The fourth-order valence-electron chi connectivity index (χ4n) is 1.80. The highest BCUT2D eigenvalue weighted by Gasteiger charge is 2.20. The second-order valence-corrected chi connectivity index (χ2v) is 5.27. The quantitative estimate of drug-likeness (QED) is 0.764. The number of aromatic nitrogens is 2. The van der Waals surface area contributed by atoms with Gasteiger partial charge in [-0.2, -0.15) is 16.9 Å². The molecule has 0 spiro atoms. The number of aliphatic hydroxyl groups is 1. The van der Waals surface area contributed by atoms with E-state index >= 15 is 0 Å². The Balaban J connectivity index is 2.81. The lowest BCUT2D eigenvalue weighted by atomic mass is 10.1. The largest absolute Gasteiger partial charge is 0.493 e. The second-order valence-electron chi connectivity index (χ2n) is 4.29. The summed E-state index contributed by atoms with van der Waals surface area (Å²) in [6.45, 7) is 4.09. The Morgan fingerprint density at radius 2 is 2.24 bits per heavy atom. The van der Waals surface area contributed by atoms with Crippen LogP contribution in [0.3, 0.4) is 0 Å². The maximum atomic E-state index is 10.2. The molecule has 1 aromatic heterocycles. The number of rotatable bonds is 7. The molecule has 4 nitrogen and oxygen atoms in total. The van der Waals surface area contributed by atoms with E-state index in [-0.39, 0.29) is 6.04 Å². The first-order valence-corrected chi connectivity index (χ1v) is 7.29. The zero-order valence-electron chi connectivity index (χ0n) is 11.0. The third kappa shape index (κ3) is 3.64. The summed E-state index contributed by atoms with van der Waals surface area (Å²) < 4.78 is 7.09. The normalized spacial score (nSPS) is 13.1. The molecule has 1 aromatic rings. The maximum Gasteiger partial charge on any atom is 0.162 e. The van der Waals surface area contributed by atoms with Crippen LogP contribution >= 0.6 is 11.8 Å². The topological polar surface area (TPSA) is 47.3 Å². The molecule has 0 saturated heterocycles. The zero-order chi connectivity index (χ0) is 12.8. The van der Waals surface area contributed by atoms with Gasteiger partial charge in [-0.25, -0.2) is 0 Å². The number of hydrogen-bond donors (Lipinski definition) is 1. The SMILES string of the molecule is COc1cnn(C(C)C)c1C(O)CCCSC. The van der Waals surface area contributed by atoms with Crippen LogP contribution in [-0.2, 0) is 0 Å². The van der Waals surface area contributed by atoms with Crippen molar-refractivity contribution in [3.8, 4) is 5.75 Å². The summed E-state index contributed by atoms with van der Waals surface area (Å²) in [4.78, 5) is 0. The Morgan fingerprint density at radius 3 is 2.76 bits per heavy atom. The van der Waals surface area contributed by atoms with Crippen molar-refractivity contribution in [2.24, 2.45) is 0 Å². The molecular formula is C12H22N2O2S. The summed E-state index contributed by atoms with van der Waals surface area (Å²) in [5.41, 5.74) is 0.795. The summed E-state index contributed by atoms with van der Waals surface area (Å²) in [5.74, 6) is 1.74. The van der Waals surface area contributed by atoms with E-state index < -0.39 is 6.10 Å². The summed E-state index contributed by atoms with van der Waals surface area (Å²) >= 11 is 1.80. The molecule has 1 rings (SSSR count). The molecule has 0 aromatic carbocycles. The van der Waals surface area contributed by atoms with Crippen molar-refractivity contribution in [2.45, 2.75) is 38.8 Å². The molecule has 1 heterocycles. The minimum Gasteiger partial charge on any atom is -0.493 e. The molecule has 0 fully saturated rings. The van der Waals surface area contributed by atoms with Gasteiger partial charge in [-0.1, -0.05) is 0 Å². The van der Waals surface area contributed by atoms with Crippen molar-refractivity contribution in [3.63, 3.8) is 0 Å². The highest BCUT2D eigenvalue weighted by molar-refractivity contribution is 7.98. The molecule has 5 heteroatoms. The van der Waals surface area contributed by atoms with Gasteiger partial charge >= 0.3 is 0 Å². The number of thioether (sulfide) groups is 1. The molecule has 0 radical (unpaired) electrons. The highest BCUT2D eigenvalue weighted by atomic mass is 32.2. The molecule has 1 N–H and O–H groups in total. The van der Waals surface area contributed by atoms with Crippen molar-refractivity contribution < 1.29 is 9.84 Å². The molecule has 1 atom stereocenters. The second kappa shape index (κ2) is 6.91. The van der Waals surface area contributed by atoms with Gasteiger partial charge in [-0.15, -0.1) is 0 Å². The van der Waals surface area contributed by atoms with Crippen LogP contribution in [0.2, 0.25) is 0 Å². The van der Waals surface area contributed by atoms with Crippen molar-refractivity contribution in [1.29, 1.82) is 0 Å². The maximum absolute atomic E-state index is 10.2. The van der Waals surface area contributed by atoms with E-state index in [0.29, 0.717) is 5.75 Å². The van der Waals surface area contributed by atoms with E-state index in [1.54, 1.807) is 25.1 Å². The van der Waals surface area contributed by atoms with Gasteiger partial charge in [-0.05, 0) is 38.7 Å². The molecule has 0 aliphatic heterocycles. The van der Waals surface area contributed by atoms with E-state index in [2.05, 4.69) is 11.4 Å². The lowest BCUT2D eigenvalue weighted by Gasteiger charge is -2.17. The van der Waals surface area contributed by atoms with Gasteiger partial charge in [0.05, 0.1) is 19.4 Å². The van der Waals surface area contributed by atoms with Crippen LogP contribution in [0.5, 0.6) is 5.75 Å². The Kier molecular flexibility index (Phi) is 5.85. The third-order valence-electron chi connectivity index (χ3n) is 2.65.